The Labute approximate surface area is 121 Å². The number of hydrogen-bond acceptors (Lipinski definition) is 1. The number of rotatable bonds is 2. The van der Waals surface area contributed by atoms with E-state index in [1.54, 1.807) is 6.07 Å². The molecule has 1 aromatic heterocycles. The molecular formula is C16H14ClFN2. The van der Waals surface area contributed by atoms with E-state index < -0.39 is 0 Å². The molecule has 20 heavy (non-hydrogen) atoms. The third-order valence-corrected chi connectivity index (χ3v) is 3.54. The lowest BCUT2D eigenvalue weighted by Crippen LogP contribution is -2.04. The van der Waals surface area contributed by atoms with Crippen LogP contribution >= 0.6 is 11.6 Å². The number of imidazole rings is 1. The van der Waals surface area contributed by atoms with Crippen LogP contribution in [0.25, 0.3) is 16.7 Å². The van der Waals surface area contributed by atoms with Gasteiger partial charge in [0.2, 0.25) is 0 Å². The smallest absolute Gasteiger partial charge is 0.132 e. The summed E-state index contributed by atoms with van der Waals surface area (Å²) in [6, 6.07) is 12.6. The molecule has 0 saturated carbocycles. The number of para-hydroxylation sites is 2. The van der Waals surface area contributed by atoms with E-state index >= 15 is 0 Å². The molecule has 0 aliphatic carbocycles. The Hall–Kier alpha value is -1.87. The first-order chi connectivity index (χ1) is 9.58. The van der Waals surface area contributed by atoms with Gasteiger partial charge in [0.05, 0.1) is 22.1 Å². The van der Waals surface area contributed by atoms with Crippen molar-refractivity contribution in [1.82, 2.24) is 9.55 Å². The number of hydrogen-bond donors (Lipinski definition) is 0. The van der Waals surface area contributed by atoms with E-state index in [9.17, 15) is 4.39 Å². The van der Waals surface area contributed by atoms with Crippen molar-refractivity contribution in [3.8, 4) is 5.69 Å². The Balaban J connectivity index is 2.36. The Morgan fingerprint density at radius 1 is 1.20 bits per heavy atom. The number of aromatic nitrogens is 2. The number of nitrogens with zero attached hydrogens (tertiary/aromatic N) is 2. The van der Waals surface area contributed by atoms with Crippen molar-refractivity contribution >= 4 is 22.6 Å². The van der Waals surface area contributed by atoms with Gasteiger partial charge >= 0.3 is 0 Å². The maximum Gasteiger partial charge on any atom is 0.132 e. The maximum atomic E-state index is 13.3. The summed E-state index contributed by atoms with van der Waals surface area (Å²) in [5, 5.41) is -0.230. The van der Waals surface area contributed by atoms with E-state index in [4.69, 9.17) is 11.6 Å². The second-order valence-electron chi connectivity index (χ2n) is 4.84. The SMILES string of the molecule is Cc1cc(F)ccc1-n1c(C(C)Cl)nc2ccccc21. The van der Waals surface area contributed by atoms with Crippen LogP contribution in [-0.4, -0.2) is 9.55 Å². The zero-order valence-electron chi connectivity index (χ0n) is 11.3. The van der Waals surface area contributed by atoms with Crippen LogP contribution in [0, 0.1) is 12.7 Å². The van der Waals surface area contributed by atoms with Crippen molar-refractivity contribution in [1.29, 1.82) is 0 Å². The first-order valence-corrected chi connectivity index (χ1v) is 6.89. The Morgan fingerprint density at radius 2 is 1.95 bits per heavy atom. The summed E-state index contributed by atoms with van der Waals surface area (Å²) in [7, 11) is 0. The van der Waals surface area contributed by atoms with Crippen molar-refractivity contribution in [3.63, 3.8) is 0 Å². The van der Waals surface area contributed by atoms with Gasteiger partial charge in [0.15, 0.2) is 0 Å². The van der Waals surface area contributed by atoms with Crippen LogP contribution in [0.3, 0.4) is 0 Å². The average Bonchev–Trinajstić information content (AvgIpc) is 2.78. The largest absolute Gasteiger partial charge is 0.295 e. The molecule has 0 aliphatic rings. The molecular weight excluding hydrogens is 275 g/mol. The normalized spacial score (nSPS) is 12.8. The molecule has 0 bridgehead atoms. The molecule has 3 rings (SSSR count). The lowest BCUT2D eigenvalue weighted by Gasteiger charge is -2.13. The second kappa shape index (κ2) is 4.91. The Bertz CT molecular complexity index is 777. The van der Waals surface area contributed by atoms with Gasteiger partial charge in [0, 0.05) is 0 Å². The summed E-state index contributed by atoms with van der Waals surface area (Å²) >= 11 is 6.26. The summed E-state index contributed by atoms with van der Waals surface area (Å²) in [4.78, 5) is 4.59. The fourth-order valence-corrected chi connectivity index (χ4v) is 2.58. The van der Waals surface area contributed by atoms with Crippen LogP contribution in [0.4, 0.5) is 4.39 Å². The molecule has 0 N–H and O–H groups in total. The molecule has 2 aromatic carbocycles. The van der Waals surface area contributed by atoms with Gasteiger partial charge in [-0.05, 0) is 49.7 Å². The van der Waals surface area contributed by atoms with Gasteiger partial charge < -0.3 is 0 Å². The van der Waals surface area contributed by atoms with Crippen LogP contribution in [0.1, 0.15) is 23.7 Å². The number of aryl methyl sites for hydroxylation is 1. The standard InChI is InChI=1S/C16H14ClFN2/c1-10-9-12(18)7-8-14(10)20-15-6-4-3-5-13(15)19-16(20)11(2)17/h3-9,11H,1-2H3. The number of fused-ring (bicyclic) bond motifs is 1. The molecule has 0 saturated heterocycles. The van der Waals surface area contributed by atoms with Gasteiger partial charge in [0.25, 0.3) is 0 Å². The van der Waals surface area contributed by atoms with Crippen molar-refractivity contribution < 1.29 is 4.39 Å². The minimum atomic E-state index is -0.240. The van der Waals surface area contributed by atoms with Crippen LogP contribution in [0.5, 0.6) is 0 Å². The molecule has 0 fully saturated rings. The van der Waals surface area contributed by atoms with E-state index in [1.165, 1.54) is 12.1 Å². The van der Waals surface area contributed by atoms with Crippen molar-refractivity contribution in [2.75, 3.05) is 0 Å². The van der Waals surface area contributed by atoms with E-state index in [0.717, 1.165) is 28.1 Å². The first-order valence-electron chi connectivity index (χ1n) is 6.46. The van der Waals surface area contributed by atoms with Crippen LogP contribution in [-0.2, 0) is 0 Å². The highest BCUT2D eigenvalue weighted by molar-refractivity contribution is 6.20. The van der Waals surface area contributed by atoms with Crippen molar-refractivity contribution in [2.24, 2.45) is 0 Å². The molecule has 1 unspecified atom stereocenters. The van der Waals surface area contributed by atoms with Crippen LogP contribution in [0.2, 0.25) is 0 Å². The summed E-state index contributed by atoms with van der Waals surface area (Å²) in [5.41, 5.74) is 3.62. The number of benzene rings is 2. The van der Waals surface area contributed by atoms with Crippen molar-refractivity contribution in [2.45, 2.75) is 19.2 Å². The zero-order chi connectivity index (χ0) is 14.3. The molecule has 1 atom stereocenters. The maximum absolute atomic E-state index is 13.3. The molecule has 0 spiro atoms. The van der Waals surface area contributed by atoms with Crippen LogP contribution in [0.15, 0.2) is 42.5 Å². The van der Waals surface area contributed by atoms with Crippen LogP contribution < -0.4 is 0 Å². The summed E-state index contributed by atoms with van der Waals surface area (Å²) in [6.07, 6.45) is 0. The predicted octanol–water partition coefficient (Wildman–Crippen LogP) is 4.77. The minimum Gasteiger partial charge on any atom is -0.295 e. The Morgan fingerprint density at radius 3 is 2.65 bits per heavy atom. The van der Waals surface area contributed by atoms with Gasteiger partial charge in [0.1, 0.15) is 11.6 Å². The number of halogens is 2. The van der Waals surface area contributed by atoms with E-state index in [2.05, 4.69) is 4.98 Å². The molecule has 1 heterocycles. The fraction of sp³-hybridized carbons (Fsp3) is 0.188. The van der Waals surface area contributed by atoms with E-state index in [-0.39, 0.29) is 11.2 Å². The third-order valence-electron chi connectivity index (χ3n) is 3.34. The predicted molar refractivity (Wildman–Crippen MR) is 80.0 cm³/mol. The van der Waals surface area contributed by atoms with Gasteiger partial charge in [-0.3, -0.25) is 4.57 Å². The molecule has 4 heteroatoms. The van der Waals surface area contributed by atoms with Gasteiger partial charge in [-0.25, -0.2) is 9.37 Å². The van der Waals surface area contributed by atoms with Gasteiger partial charge in [-0.15, -0.1) is 11.6 Å². The van der Waals surface area contributed by atoms with E-state index in [0.29, 0.717) is 0 Å². The highest BCUT2D eigenvalue weighted by Crippen LogP contribution is 2.29. The highest BCUT2D eigenvalue weighted by Gasteiger charge is 2.17. The summed E-state index contributed by atoms with van der Waals surface area (Å²) in [6.45, 7) is 3.77. The lowest BCUT2D eigenvalue weighted by molar-refractivity contribution is 0.626. The summed E-state index contributed by atoms with van der Waals surface area (Å²) in [5.74, 6) is 0.527. The average molecular weight is 289 g/mol. The molecule has 102 valence electrons. The molecule has 2 nitrogen and oxygen atoms in total. The molecule has 0 aliphatic heterocycles. The third kappa shape index (κ3) is 2.08. The Kier molecular flexibility index (Phi) is 3.22. The molecule has 0 radical (unpaired) electrons. The molecule has 0 amide bonds. The quantitative estimate of drug-likeness (QED) is 0.621. The minimum absolute atomic E-state index is 0.230. The first kappa shape index (κ1) is 13.1. The molecule has 3 aromatic rings. The topological polar surface area (TPSA) is 17.8 Å². The summed E-state index contributed by atoms with van der Waals surface area (Å²) < 4.78 is 15.3. The van der Waals surface area contributed by atoms with Crippen molar-refractivity contribution in [3.05, 3.63) is 59.7 Å². The van der Waals surface area contributed by atoms with Gasteiger partial charge in [-0.2, -0.15) is 0 Å². The second-order valence-corrected chi connectivity index (χ2v) is 5.50. The highest BCUT2D eigenvalue weighted by atomic mass is 35.5. The lowest BCUT2D eigenvalue weighted by atomic mass is 10.2. The fourth-order valence-electron chi connectivity index (χ4n) is 2.43. The monoisotopic (exact) mass is 288 g/mol. The zero-order valence-corrected chi connectivity index (χ0v) is 12.0. The number of alkyl halides is 1. The van der Waals surface area contributed by atoms with Gasteiger partial charge in [-0.1, -0.05) is 12.1 Å². The van der Waals surface area contributed by atoms with E-state index in [1.807, 2.05) is 42.7 Å².